The van der Waals surface area contributed by atoms with Crippen LogP contribution < -0.4 is 5.32 Å². The van der Waals surface area contributed by atoms with Crippen molar-refractivity contribution in [3.63, 3.8) is 0 Å². The summed E-state index contributed by atoms with van der Waals surface area (Å²) in [5.74, 6) is 1.32. The Labute approximate surface area is 190 Å². The number of hydrogen-bond donors (Lipinski definition) is 1. The molecule has 9 heteroatoms. The highest BCUT2D eigenvalue weighted by Gasteiger charge is 2.24. The number of rotatable bonds is 8. The van der Waals surface area contributed by atoms with E-state index in [-0.39, 0.29) is 11.9 Å². The molecule has 164 valence electrons. The lowest BCUT2D eigenvalue weighted by Gasteiger charge is -2.19. The van der Waals surface area contributed by atoms with Gasteiger partial charge in [-0.3, -0.25) is 4.79 Å². The van der Waals surface area contributed by atoms with Crippen molar-refractivity contribution in [3.05, 3.63) is 46.6 Å². The van der Waals surface area contributed by atoms with Gasteiger partial charge in [0.2, 0.25) is 5.91 Å². The van der Waals surface area contributed by atoms with Gasteiger partial charge in [-0.2, -0.15) is 0 Å². The molecule has 0 saturated heterocycles. The maximum Gasteiger partial charge on any atom is 0.348 e. The number of nitrogens with zero attached hydrogens (tertiary/aromatic N) is 3. The van der Waals surface area contributed by atoms with Crippen molar-refractivity contribution in [1.82, 2.24) is 14.9 Å². The number of likely N-dealkylation sites (N-methyl/N-ethyl adjacent to an activating group) is 1. The highest BCUT2D eigenvalue weighted by Crippen LogP contribution is 2.35. The number of thioether (sulfide) groups is 1. The summed E-state index contributed by atoms with van der Waals surface area (Å²) < 4.78 is 5.20. The Hall–Kier alpha value is -2.65. The normalized spacial score (nSPS) is 11.9. The highest BCUT2D eigenvalue weighted by atomic mass is 32.2. The second kappa shape index (κ2) is 10.1. The van der Waals surface area contributed by atoms with E-state index < -0.39 is 6.04 Å². The van der Waals surface area contributed by atoms with Gasteiger partial charge in [-0.15, -0.1) is 23.1 Å². The summed E-state index contributed by atoms with van der Waals surface area (Å²) in [7, 11) is 3.43. The first kappa shape index (κ1) is 23.0. The van der Waals surface area contributed by atoms with Gasteiger partial charge in [0, 0.05) is 19.0 Å². The van der Waals surface area contributed by atoms with Crippen LogP contribution in [0.2, 0.25) is 0 Å². The van der Waals surface area contributed by atoms with E-state index >= 15 is 0 Å². The predicted octanol–water partition coefficient (Wildman–Crippen LogP) is 4.36. The molecule has 31 heavy (non-hydrogen) atoms. The molecule has 1 N–H and O–H groups in total. The van der Waals surface area contributed by atoms with Crippen molar-refractivity contribution >= 4 is 51.0 Å². The minimum atomic E-state index is -0.479. The van der Waals surface area contributed by atoms with Gasteiger partial charge < -0.3 is 15.0 Å². The average Bonchev–Trinajstić information content (AvgIpc) is 3.09. The molecule has 2 aromatic heterocycles. The van der Waals surface area contributed by atoms with Crippen LogP contribution in [0.25, 0.3) is 10.2 Å². The van der Waals surface area contributed by atoms with Crippen LogP contribution in [-0.2, 0) is 15.3 Å². The Kier molecular flexibility index (Phi) is 7.50. The maximum absolute atomic E-state index is 12.4. The molecule has 7 nitrogen and oxygen atoms in total. The van der Waals surface area contributed by atoms with Crippen LogP contribution in [0.4, 0.5) is 5.82 Å². The Bertz CT molecular complexity index is 1080. The molecular formula is C22H26N4O3S2. The van der Waals surface area contributed by atoms with Crippen LogP contribution in [-0.4, -0.2) is 53.5 Å². The molecule has 0 unspecified atom stereocenters. The van der Waals surface area contributed by atoms with E-state index in [0.29, 0.717) is 33.7 Å². The third-order valence-electron chi connectivity index (χ3n) is 4.57. The van der Waals surface area contributed by atoms with E-state index in [0.717, 1.165) is 15.8 Å². The SMILES string of the molecule is CCOC(=O)c1sc2nc(CSc3ccccc3)nc(N[C@H](C)C(=O)N(C)C)c2c1C. The van der Waals surface area contributed by atoms with E-state index in [4.69, 9.17) is 14.7 Å². The fraction of sp³-hybridized carbons (Fsp3) is 0.364. The number of aromatic nitrogens is 2. The predicted molar refractivity (Wildman–Crippen MR) is 126 cm³/mol. The number of hydrogen-bond acceptors (Lipinski definition) is 8. The Morgan fingerprint density at radius 3 is 2.58 bits per heavy atom. The number of benzene rings is 1. The molecule has 3 rings (SSSR count). The summed E-state index contributed by atoms with van der Waals surface area (Å²) in [5.41, 5.74) is 0.757. The van der Waals surface area contributed by atoms with Gasteiger partial charge in [-0.05, 0) is 38.5 Å². The minimum Gasteiger partial charge on any atom is -0.462 e. The fourth-order valence-corrected chi connectivity index (χ4v) is 4.93. The van der Waals surface area contributed by atoms with E-state index in [1.165, 1.54) is 16.2 Å². The molecule has 0 aliphatic rings. The lowest BCUT2D eigenvalue weighted by atomic mass is 10.2. The minimum absolute atomic E-state index is 0.0644. The molecule has 0 spiro atoms. The van der Waals surface area contributed by atoms with Gasteiger partial charge in [0.25, 0.3) is 0 Å². The third kappa shape index (κ3) is 5.34. The number of esters is 1. The lowest BCUT2D eigenvalue weighted by Crippen LogP contribution is -2.37. The zero-order chi connectivity index (χ0) is 22.5. The molecule has 0 bridgehead atoms. The number of nitrogens with one attached hydrogen (secondary N) is 1. The van der Waals surface area contributed by atoms with Crippen LogP contribution >= 0.6 is 23.1 Å². The van der Waals surface area contributed by atoms with Gasteiger partial charge in [0.1, 0.15) is 27.4 Å². The average molecular weight is 459 g/mol. The topological polar surface area (TPSA) is 84.4 Å². The fourth-order valence-electron chi connectivity index (χ4n) is 3.06. The van der Waals surface area contributed by atoms with E-state index in [9.17, 15) is 9.59 Å². The van der Waals surface area contributed by atoms with Gasteiger partial charge in [0.05, 0.1) is 17.7 Å². The number of carbonyl (C=O) groups excluding carboxylic acids is 2. The van der Waals surface area contributed by atoms with Crippen molar-refractivity contribution in [1.29, 1.82) is 0 Å². The highest BCUT2D eigenvalue weighted by molar-refractivity contribution is 7.98. The molecule has 0 saturated carbocycles. The van der Waals surface area contributed by atoms with Crippen LogP contribution in [0, 0.1) is 6.92 Å². The van der Waals surface area contributed by atoms with Crippen molar-refractivity contribution in [3.8, 4) is 0 Å². The summed E-state index contributed by atoms with van der Waals surface area (Å²) >= 11 is 2.92. The maximum atomic E-state index is 12.4. The zero-order valence-corrected chi connectivity index (χ0v) is 19.9. The molecule has 0 aliphatic carbocycles. The molecule has 2 heterocycles. The van der Waals surface area contributed by atoms with Crippen molar-refractivity contribution in [2.45, 2.75) is 37.5 Å². The number of fused-ring (bicyclic) bond motifs is 1. The summed E-state index contributed by atoms with van der Waals surface area (Å²) in [6.07, 6.45) is 0. The van der Waals surface area contributed by atoms with E-state index in [1.807, 2.05) is 37.3 Å². The van der Waals surface area contributed by atoms with Crippen LogP contribution in [0.5, 0.6) is 0 Å². The second-order valence-corrected chi connectivity index (χ2v) is 9.19. The molecule has 3 aromatic rings. The van der Waals surface area contributed by atoms with Crippen molar-refractivity contribution in [2.24, 2.45) is 0 Å². The number of aryl methyl sites for hydroxylation is 1. The molecule has 0 radical (unpaired) electrons. The summed E-state index contributed by atoms with van der Waals surface area (Å²) in [5, 5.41) is 3.98. The quantitative estimate of drug-likeness (QED) is 0.397. The summed E-state index contributed by atoms with van der Waals surface area (Å²) in [6.45, 7) is 5.73. The standard InChI is InChI=1S/C22H26N4O3S2/c1-6-29-22(28)18-13(2)17-19(23-14(3)21(27)26(4)5)24-16(25-20(17)31-18)12-30-15-10-8-7-9-11-15/h7-11,14H,6,12H2,1-5H3,(H,23,24,25)/t14-/m1/s1. The summed E-state index contributed by atoms with van der Waals surface area (Å²) in [4.78, 5) is 38.1. The number of carbonyl (C=O) groups is 2. The summed E-state index contributed by atoms with van der Waals surface area (Å²) in [6, 6.07) is 9.55. The molecular weight excluding hydrogens is 432 g/mol. The smallest absolute Gasteiger partial charge is 0.348 e. The van der Waals surface area contributed by atoms with Crippen molar-refractivity contribution < 1.29 is 14.3 Å². The second-order valence-electron chi connectivity index (χ2n) is 7.15. The van der Waals surface area contributed by atoms with Gasteiger partial charge in [-0.1, -0.05) is 18.2 Å². The zero-order valence-electron chi connectivity index (χ0n) is 18.3. The number of thiophene rings is 1. The molecule has 0 fully saturated rings. The number of anilines is 1. The van der Waals surface area contributed by atoms with E-state index in [1.54, 1.807) is 39.7 Å². The Balaban J connectivity index is 2.01. The van der Waals surface area contributed by atoms with Gasteiger partial charge in [0.15, 0.2) is 0 Å². The van der Waals surface area contributed by atoms with Crippen molar-refractivity contribution in [2.75, 3.05) is 26.0 Å². The van der Waals surface area contributed by atoms with Crippen LogP contribution in [0.3, 0.4) is 0 Å². The van der Waals surface area contributed by atoms with Gasteiger partial charge in [-0.25, -0.2) is 14.8 Å². The van der Waals surface area contributed by atoms with E-state index in [2.05, 4.69) is 5.32 Å². The Morgan fingerprint density at radius 2 is 1.94 bits per heavy atom. The lowest BCUT2D eigenvalue weighted by molar-refractivity contribution is -0.129. The molecule has 1 amide bonds. The largest absolute Gasteiger partial charge is 0.462 e. The molecule has 1 atom stereocenters. The van der Waals surface area contributed by atoms with Crippen LogP contribution in [0.15, 0.2) is 35.2 Å². The first-order valence-corrected chi connectivity index (χ1v) is 11.7. The number of amides is 1. The first-order chi connectivity index (χ1) is 14.8. The van der Waals surface area contributed by atoms with Crippen LogP contribution in [0.1, 0.15) is 34.9 Å². The number of ether oxygens (including phenoxy) is 1. The molecule has 0 aliphatic heterocycles. The third-order valence-corrected chi connectivity index (χ3v) is 6.75. The first-order valence-electron chi connectivity index (χ1n) is 9.94. The Morgan fingerprint density at radius 1 is 1.23 bits per heavy atom. The monoisotopic (exact) mass is 458 g/mol. The molecule has 1 aromatic carbocycles. The van der Waals surface area contributed by atoms with Gasteiger partial charge >= 0.3 is 5.97 Å².